The number of carbonyl (C=O) groups excluding carboxylic acids is 1. The van der Waals surface area contributed by atoms with E-state index in [0.717, 1.165) is 0 Å². The lowest BCUT2D eigenvalue weighted by Crippen LogP contribution is -2.03. The summed E-state index contributed by atoms with van der Waals surface area (Å²) in [7, 11) is 0. The number of rotatable bonds is 3. The predicted molar refractivity (Wildman–Crippen MR) is 79.6 cm³/mol. The third-order valence-electron chi connectivity index (χ3n) is 2.33. The molecule has 0 radical (unpaired) electrons. The topological polar surface area (TPSA) is 54.9 Å². The second kappa shape index (κ2) is 5.86. The maximum Gasteiger partial charge on any atom is 0.156 e. The van der Waals surface area contributed by atoms with Gasteiger partial charge in [0.05, 0.1) is 20.7 Å². The highest BCUT2D eigenvalue weighted by Crippen LogP contribution is 2.33. The van der Waals surface area contributed by atoms with E-state index in [1.54, 1.807) is 25.1 Å². The van der Waals surface area contributed by atoms with Crippen LogP contribution in [-0.4, -0.2) is 16.3 Å². The molecule has 1 aromatic carbocycles. The molecule has 0 aliphatic heterocycles. The second-order valence-corrected chi connectivity index (χ2v) is 5.23. The molecule has 0 aliphatic carbocycles. The van der Waals surface area contributed by atoms with Crippen LogP contribution in [0, 0.1) is 6.92 Å². The van der Waals surface area contributed by atoms with Crippen molar-refractivity contribution in [3.63, 3.8) is 0 Å². The van der Waals surface area contributed by atoms with Gasteiger partial charge in [-0.1, -0.05) is 29.3 Å². The Morgan fingerprint density at radius 1 is 1.32 bits per heavy atom. The summed E-state index contributed by atoms with van der Waals surface area (Å²) in [6.07, 6.45) is 0.614. The lowest BCUT2D eigenvalue weighted by molar-refractivity contribution is 0.112. The molecule has 0 unspecified atom stereocenters. The van der Waals surface area contributed by atoms with Crippen molar-refractivity contribution in [1.29, 1.82) is 0 Å². The van der Waals surface area contributed by atoms with Gasteiger partial charge in [-0.25, -0.2) is 9.97 Å². The zero-order chi connectivity index (χ0) is 14.0. The minimum Gasteiger partial charge on any atom is -0.339 e. The van der Waals surface area contributed by atoms with Gasteiger partial charge in [-0.3, -0.25) is 4.79 Å². The molecule has 7 heteroatoms. The summed E-state index contributed by atoms with van der Waals surface area (Å²) in [5.41, 5.74) is 0.893. The maximum absolute atomic E-state index is 11.1. The van der Waals surface area contributed by atoms with E-state index >= 15 is 0 Å². The van der Waals surface area contributed by atoms with E-state index in [4.69, 9.17) is 23.2 Å². The van der Waals surface area contributed by atoms with Crippen molar-refractivity contribution in [2.75, 3.05) is 5.32 Å². The van der Waals surface area contributed by atoms with Crippen molar-refractivity contribution in [1.82, 2.24) is 9.97 Å². The largest absolute Gasteiger partial charge is 0.339 e. The number of aromatic nitrogens is 2. The van der Waals surface area contributed by atoms with Crippen molar-refractivity contribution in [2.45, 2.75) is 6.92 Å². The van der Waals surface area contributed by atoms with Gasteiger partial charge in [-0.2, -0.15) is 0 Å². The molecule has 0 saturated carbocycles. The molecule has 0 amide bonds. The predicted octanol–water partition coefficient (Wildman–Crippen LogP) is 4.41. The Balaban J connectivity index is 2.49. The lowest BCUT2D eigenvalue weighted by atomic mass is 10.3. The van der Waals surface area contributed by atoms with Crippen LogP contribution in [0.4, 0.5) is 11.5 Å². The summed E-state index contributed by atoms with van der Waals surface area (Å²) in [6, 6.07) is 5.33. The molecule has 19 heavy (non-hydrogen) atoms. The molecule has 0 atom stereocenters. The molecular weight excluding hydrogens is 353 g/mol. The third kappa shape index (κ3) is 3.05. The molecule has 0 aliphatic rings. The van der Waals surface area contributed by atoms with Gasteiger partial charge in [0.2, 0.25) is 0 Å². The maximum atomic E-state index is 11.1. The van der Waals surface area contributed by atoms with Gasteiger partial charge in [0.15, 0.2) is 6.29 Å². The summed E-state index contributed by atoms with van der Waals surface area (Å²) in [5, 5.41) is 3.68. The van der Waals surface area contributed by atoms with Crippen LogP contribution in [0.5, 0.6) is 0 Å². The van der Waals surface area contributed by atoms with Crippen LogP contribution >= 0.6 is 39.1 Å². The Morgan fingerprint density at radius 2 is 2.05 bits per heavy atom. The highest BCUT2D eigenvalue weighted by atomic mass is 79.9. The highest BCUT2D eigenvalue weighted by Gasteiger charge is 2.13. The van der Waals surface area contributed by atoms with Crippen LogP contribution < -0.4 is 5.32 Å². The average molecular weight is 361 g/mol. The fourth-order valence-corrected chi connectivity index (χ4v) is 2.27. The molecule has 0 bridgehead atoms. The normalized spacial score (nSPS) is 10.3. The molecule has 0 saturated heterocycles. The lowest BCUT2D eigenvalue weighted by Gasteiger charge is -2.11. The van der Waals surface area contributed by atoms with E-state index in [0.29, 0.717) is 33.1 Å². The number of halogens is 3. The quantitative estimate of drug-likeness (QED) is 0.650. The number of carbonyl (C=O) groups is 1. The van der Waals surface area contributed by atoms with Crippen molar-refractivity contribution in [3.05, 3.63) is 44.2 Å². The van der Waals surface area contributed by atoms with Crippen LogP contribution in [0.15, 0.2) is 22.7 Å². The van der Waals surface area contributed by atoms with E-state index in [1.807, 2.05) is 0 Å². The van der Waals surface area contributed by atoms with Gasteiger partial charge in [0.25, 0.3) is 0 Å². The summed E-state index contributed by atoms with van der Waals surface area (Å²) in [4.78, 5) is 19.2. The Labute approximate surface area is 128 Å². The smallest absolute Gasteiger partial charge is 0.156 e. The summed E-state index contributed by atoms with van der Waals surface area (Å²) in [5.74, 6) is 0.812. The molecule has 1 aromatic heterocycles. The van der Waals surface area contributed by atoms with Crippen LogP contribution in [0.25, 0.3) is 0 Å². The highest BCUT2D eigenvalue weighted by molar-refractivity contribution is 9.10. The van der Waals surface area contributed by atoms with Crippen molar-refractivity contribution in [3.8, 4) is 0 Å². The van der Waals surface area contributed by atoms with Gasteiger partial charge >= 0.3 is 0 Å². The molecule has 4 nitrogen and oxygen atoms in total. The molecule has 0 spiro atoms. The minimum absolute atomic E-state index is 0.114. The van der Waals surface area contributed by atoms with Crippen LogP contribution in [0.3, 0.4) is 0 Å². The molecule has 98 valence electrons. The minimum atomic E-state index is 0.114. The van der Waals surface area contributed by atoms with E-state index < -0.39 is 0 Å². The number of hydrogen-bond donors (Lipinski definition) is 1. The number of aryl methyl sites for hydroxylation is 1. The Morgan fingerprint density at radius 3 is 2.74 bits per heavy atom. The Bertz CT molecular complexity index is 649. The van der Waals surface area contributed by atoms with Crippen molar-refractivity contribution < 1.29 is 4.79 Å². The summed E-state index contributed by atoms with van der Waals surface area (Å²) >= 11 is 15.3. The van der Waals surface area contributed by atoms with Crippen LogP contribution in [-0.2, 0) is 0 Å². The first-order valence-electron chi connectivity index (χ1n) is 5.23. The van der Waals surface area contributed by atoms with E-state index in [2.05, 4.69) is 31.2 Å². The standard InChI is InChI=1S/C12H8BrCl2N3O/c1-6-16-11(15)7(5-19)12(17-6)18-9-4-2-3-8(14)10(9)13/h2-5H,1H3,(H,16,17,18). The first-order valence-corrected chi connectivity index (χ1v) is 6.78. The first kappa shape index (κ1) is 14.2. The molecule has 1 heterocycles. The first-order chi connectivity index (χ1) is 9.02. The number of aldehydes is 1. The van der Waals surface area contributed by atoms with E-state index in [1.165, 1.54) is 0 Å². The molecule has 2 aromatic rings. The summed E-state index contributed by atoms with van der Waals surface area (Å²) < 4.78 is 0.681. The van der Waals surface area contributed by atoms with Crippen LogP contribution in [0.2, 0.25) is 10.2 Å². The fourth-order valence-electron chi connectivity index (χ4n) is 1.47. The number of hydrogen-bond acceptors (Lipinski definition) is 4. The van der Waals surface area contributed by atoms with E-state index in [-0.39, 0.29) is 10.7 Å². The van der Waals surface area contributed by atoms with Crippen LogP contribution in [0.1, 0.15) is 16.2 Å². The number of anilines is 2. The van der Waals surface area contributed by atoms with Crippen molar-refractivity contribution in [2.24, 2.45) is 0 Å². The van der Waals surface area contributed by atoms with Gasteiger partial charge in [-0.05, 0) is 35.0 Å². The van der Waals surface area contributed by atoms with Gasteiger partial charge in [-0.15, -0.1) is 0 Å². The van der Waals surface area contributed by atoms with Gasteiger partial charge in [0, 0.05) is 0 Å². The SMILES string of the molecule is Cc1nc(Cl)c(C=O)c(Nc2cccc(Cl)c2Br)n1. The monoisotopic (exact) mass is 359 g/mol. The van der Waals surface area contributed by atoms with Gasteiger partial charge in [0.1, 0.15) is 16.8 Å². The zero-order valence-electron chi connectivity index (χ0n) is 9.75. The zero-order valence-corrected chi connectivity index (χ0v) is 12.8. The summed E-state index contributed by atoms with van der Waals surface area (Å²) in [6.45, 7) is 1.69. The number of nitrogens with one attached hydrogen (secondary N) is 1. The number of nitrogens with zero attached hydrogens (tertiary/aromatic N) is 2. The average Bonchev–Trinajstić information content (AvgIpc) is 2.34. The Kier molecular flexibility index (Phi) is 4.39. The van der Waals surface area contributed by atoms with Crippen molar-refractivity contribution >= 4 is 56.9 Å². The molecular formula is C12H8BrCl2N3O. The molecule has 1 N–H and O–H groups in total. The second-order valence-electron chi connectivity index (χ2n) is 3.67. The Hall–Kier alpha value is -1.17. The molecule has 0 fully saturated rings. The number of benzene rings is 1. The molecule has 2 rings (SSSR count). The fraction of sp³-hybridized carbons (Fsp3) is 0.0833. The van der Waals surface area contributed by atoms with Gasteiger partial charge < -0.3 is 5.32 Å². The third-order valence-corrected chi connectivity index (χ3v) is 4.02. The van der Waals surface area contributed by atoms with E-state index in [9.17, 15) is 4.79 Å².